The van der Waals surface area contributed by atoms with Crippen LogP contribution < -0.4 is 5.73 Å². The number of carbonyl (C=O) groups is 1. The molecule has 20 heavy (non-hydrogen) atoms. The van der Waals surface area contributed by atoms with Crippen molar-refractivity contribution >= 4 is 5.91 Å². The quantitative estimate of drug-likeness (QED) is 0.895. The molecule has 0 aromatic carbocycles. The van der Waals surface area contributed by atoms with E-state index >= 15 is 0 Å². The third-order valence-corrected chi connectivity index (χ3v) is 3.55. The summed E-state index contributed by atoms with van der Waals surface area (Å²) in [5.41, 5.74) is 5.31. The number of carbonyl (C=O) groups excluding carboxylic acids is 1. The maximum atomic E-state index is 11.1. The van der Waals surface area contributed by atoms with Crippen LogP contribution in [-0.4, -0.2) is 34.1 Å². The standard InChI is InChI=1S/C13H16N4O3/c14-12(18)9-3-5-17(6-4-9)8-11-15-16-13(20-11)10-2-1-7-19-10/h1-2,7,9H,3-6,8H2,(H2,14,18). The molecular formula is C13H16N4O3. The molecule has 1 aliphatic rings. The second-order valence-electron chi connectivity index (χ2n) is 4.93. The zero-order valence-electron chi connectivity index (χ0n) is 11.0. The number of furan rings is 1. The lowest BCUT2D eigenvalue weighted by atomic mass is 9.96. The molecule has 0 saturated carbocycles. The number of aromatic nitrogens is 2. The Balaban J connectivity index is 1.58. The predicted molar refractivity (Wildman–Crippen MR) is 69.2 cm³/mol. The third kappa shape index (κ3) is 2.72. The normalized spacial score (nSPS) is 17.4. The molecule has 0 bridgehead atoms. The second kappa shape index (κ2) is 5.46. The highest BCUT2D eigenvalue weighted by molar-refractivity contribution is 5.76. The molecule has 1 fully saturated rings. The van der Waals surface area contributed by atoms with Gasteiger partial charge >= 0.3 is 0 Å². The van der Waals surface area contributed by atoms with Gasteiger partial charge in [0.05, 0.1) is 12.8 Å². The minimum absolute atomic E-state index is 0.00684. The van der Waals surface area contributed by atoms with Crippen LogP contribution in [0.1, 0.15) is 18.7 Å². The van der Waals surface area contributed by atoms with Crippen LogP contribution in [0, 0.1) is 5.92 Å². The predicted octanol–water partition coefficient (Wildman–Crippen LogP) is 1.03. The minimum Gasteiger partial charge on any atom is -0.459 e. The Morgan fingerprint density at radius 1 is 1.40 bits per heavy atom. The van der Waals surface area contributed by atoms with Crippen molar-refractivity contribution in [2.75, 3.05) is 13.1 Å². The molecular weight excluding hydrogens is 260 g/mol. The lowest BCUT2D eigenvalue weighted by molar-refractivity contribution is -0.123. The summed E-state index contributed by atoms with van der Waals surface area (Å²) >= 11 is 0. The van der Waals surface area contributed by atoms with Crippen molar-refractivity contribution < 1.29 is 13.6 Å². The summed E-state index contributed by atoms with van der Waals surface area (Å²) in [6, 6.07) is 3.55. The fourth-order valence-electron chi connectivity index (χ4n) is 2.38. The maximum Gasteiger partial charge on any atom is 0.283 e. The van der Waals surface area contributed by atoms with Crippen LogP contribution in [0.4, 0.5) is 0 Å². The molecule has 1 aliphatic heterocycles. The number of nitrogens with zero attached hydrogens (tertiary/aromatic N) is 3. The summed E-state index contributed by atoms with van der Waals surface area (Å²) in [4.78, 5) is 13.3. The number of primary amides is 1. The van der Waals surface area contributed by atoms with Crippen molar-refractivity contribution in [3.05, 3.63) is 24.3 Å². The highest BCUT2D eigenvalue weighted by atomic mass is 16.4. The molecule has 0 radical (unpaired) electrons. The van der Waals surface area contributed by atoms with Crippen molar-refractivity contribution in [2.24, 2.45) is 11.7 Å². The molecule has 106 valence electrons. The number of nitrogens with two attached hydrogens (primary N) is 1. The Hall–Kier alpha value is -2.15. The van der Waals surface area contributed by atoms with Gasteiger partial charge in [-0.15, -0.1) is 10.2 Å². The summed E-state index contributed by atoms with van der Waals surface area (Å²) in [6.07, 6.45) is 3.14. The summed E-state index contributed by atoms with van der Waals surface area (Å²) < 4.78 is 10.8. The summed E-state index contributed by atoms with van der Waals surface area (Å²) in [5.74, 6) is 1.29. The number of hydrogen-bond acceptors (Lipinski definition) is 6. The van der Waals surface area contributed by atoms with E-state index in [1.54, 1.807) is 18.4 Å². The van der Waals surface area contributed by atoms with E-state index in [9.17, 15) is 4.79 Å². The van der Waals surface area contributed by atoms with Crippen molar-refractivity contribution in [1.82, 2.24) is 15.1 Å². The molecule has 1 amide bonds. The molecule has 1 saturated heterocycles. The minimum atomic E-state index is -0.206. The molecule has 2 aromatic heterocycles. The molecule has 2 N–H and O–H groups in total. The van der Waals surface area contributed by atoms with Crippen LogP contribution in [0.25, 0.3) is 11.7 Å². The number of amides is 1. The zero-order valence-corrected chi connectivity index (χ0v) is 11.0. The Kier molecular flexibility index (Phi) is 3.51. The third-order valence-electron chi connectivity index (χ3n) is 3.55. The van der Waals surface area contributed by atoms with Gasteiger partial charge in [0.25, 0.3) is 5.89 Å². The van der Waals surface area contributed by atoms with Gasteiger partial charge < -0.3 is 14.6 Å². The van der Waals surface area contributed by atoms with Gasteiger partial charge in [0.15, 0.2) is 5.76 Å². The average Bonchev–Trinajstić information content (AvgIpc) is 3.09. The van der Waals surface area contributed by atoms with Crippen molar-refractivity contribution in [2.45, 2.75) is 19.4 Å². The van der Waals surface area contributed by atoms with Crippen molar-refractivity contribution in [3.63, 3.8) is 0 Å². The smallest absolute Gasteiger partial charge is 0.283 e. The lowest BCUT2D eigenvalue weighted by Crippen LogP contribution is -2.38. The molecule has 0 aliphatic carbocycles. The number of hydrogen-bond donors (Lipinski definition) is 1. The van der Waals surface area contributed by atoms with E-state index in [-0.39, 0.29) is 11.8 Å². The van der Waals surface area contributed by atoms with Gasteiger partial charge in [-0.3, -0.25) is 9.69 Å². The van der Waals surface area contributed by atoms with E-state index in [2.05, 4.69) is 15.1 Å². The molecule has 7 nitrogen and oxygen atoms in total. The Morgan fingerprint density at radius 2 is 2.20 bits per heavy atom. The van der Waals surface area contributed by atoms with Gasteiger partial charge in [0.1, 0.15) is 0 Å². The summed E-state index contributed by atoms with van der Waals surface area (Å²) in [5, 5.41) is 7.97. The molecule has 3 rings (SSSR count). The highest BCUT2D eigenvalue weighted by Crippen LogP contribution is 2.21. The van der Waals surface area contributed by atoms with E-state index in [4.69, 9.17) is 14.6 Å². The Morgan fingerprint density at radius 3 is 2.85 bits per heavy atom. The number of piperidine rings is 1. The SMILES string of the molecule is NC(=O)C1CCN(Cc2nnc(-c3ccco3)o2)CC1. The van der Waals surface area contributed by atoms with Crippen molar-refractivity contribution in [1.29, 1.82) is 0 Å². The lowest BCUT2D eigenvalue weighted by Gasteiger charge is -2.29. The number of rotatable bonds is 4. The van der Waals surface area contributed by atoms with E-state index in [1.165, 1.54) is 0 Å². The van der Waals surface area contributed by atoms with Gasteiger partial charge in [0.2, 0.25) is 11.8 Å². The van der Waals surface area contributed by atoms with Crippen LogP contribution >= 0.6 is 0 Å². The van der Waals surface area contributed by atoms with Crippen LogP contribution in [-0.2, 0) is 11.3 Å². The first-order chi connectivity index (χ1) is 9.72. The highest BCUT2D eigenvalue weighted by Gasteiger charge is 2.24. The monoisotopic (exact) mass is 276 g/mol. The fourth-order valence-corrected chi connectivity index (χ4v) is 2.38. The molecule has 3 heterocycles. The van der Waals surface area contributed by atoms with E-state index in [0.717, 1.165) is 25.9 Å². The van der Waals surface area contributed by atoms with Crippen LogP contribution in [0.3, 0.4) is 0 Å². The fraction of sp³-hybridized carbons (Fsp3) is 0.462. The second-order valence-corrected chi connectivity index (χ2v) is 4.93. The average molecular weight is 276 g/mol. The summed E-state index contributed by atoms with van der Waals surface area (Å²) in [7, 11) is 0. The molecule has 2 aromatic rings. The molecule has 0 spiro atoms. The first-order valence-corrected chi connectivity index (χ1v) is 6.60. The number of likely N-dealkylation sites (tertiary alicyclic amines) is 1. The van der Waals surface area contributed by atoms with E-state index in [0.29, 0.717) is 24.1 Å². The van der Waals surface area contributed by atoms with Gasteiger partial charge in [0, 0.05) is 5.92 Å². The summed E-state index contributed by atoms with van der Waals surface area (Å²) in [6.45, 7) is 2.21. The largest absolute Gasteiger partial charge is 0.459 e. The maximum absolute atomic E-state index is 11.1. The van der Waals surface area contributed by atoms with Crippen LogP contribution in [0.15, 0.2) is 27.2 Å². The molecule has 0 atom stereocenters. The van der Waals surface area contributed by atoms with Crippen LogP contribution in [0.2, 0.25) is 0 Å². The first-order valence-electron chi connectivity index (χ1n) is 6.60. The van der Waals surface area contributed by atoms with Gasteiger partial charge in [-0.1, -0.05) is 0 Å². The van der Waals surface area contributed by atoms with E-state index < -0.39 is 0 Å². The van der Waals surface area contributed by atoms with Gasteiger partial charge in [-0.05, 0) is 38.1 Å². The Bertz CT molecular complexity index is 570. The van der Waals surface area contributed by atoms with Gasteiger partial charge in [-0.25, -0.2) is 0 Å². The van der Waals surface area contributed by atoms with E-state index in [1.807, 2.05) is 0 Å². The van der Waals surface area contributed by atoms with Gasteiger partial charge in [-0.2, -0.15) is 0 Å². The topological polar surface area (TPSA) is 98.4 Å². The van der Waals surface area contributed by atoms with Crippen LogP contribution in [0.5, 0.6) is 0 Å². The first kappa shape index (κ1) is 12.9. The van der Waals surface area contributed by atoms with Crippen molar-refractivity contribution in [3.8, 4) is 11.7 Å². The zero-order chi connectivity index (χ0) is 13.9. The Labute approximate surface area is 115 Å². The molecule has 7 heteroatoms. The molecule has 0 unspecified atom stereocenters.